The molecule has 2 fully saturated rings. The van der Waals surface area contributed by atoms with Gasteiger partial charge in [-0.3, -0.25) is 10.1 Å². The molecule has 7 heteroatoms. The number of hydrogen-bond donors (Lipinski definition) is 2. The quantitative estimate of drug-likeness (QED) is 0.651. The summed E-state index contributed by atoms with van der Waals surface area (Å²) in [5.41, 5.74) is 0.0253. The lowest BCUT2D eigenvalue weighted by Crippen LogP contribution is -2.22. The third-order valence-electron chi connectivity index (χ3n) is 3.43. The number of aromatic nitrogens is 1. The minimum Gasteiger partial charge on any atom is -0.361 e. The van der Waals surface area contributed by atoms with Gasteiger partial charge in [0, 0.05) is 35.9 Å². The Morgan fingerprint density at radius 3 is 2.88 bits per heavy atom. The number of nitrogens with one attached hydrogen (secondary N) is 2. The molecule has 0 amide bonds. The van der Waals surface area contributed by atoms with Gasteiger partial charge in [-0.25, -0.2) is 4.98 Å². The zero-order valence-electron chi connectivity index (χ0n) is 8.89. The van der Waals surface area contributed by atoms with E-state index in [-0.39, 0.29) is 5.69 Å². The maximum absolute atomic E-state index is 10.9. The fourth-order valence-electron chi connectivity index (χ4n) is 2.47. The number of fused-ring (bicyclic) bond motifs is 1. The minimum atomic E-state index is -0.406. The normalized spacial score (nSPS) is 29.8. The van der Waals surface area contributed by atoms with Crippen molar-refractivity contribution in [3.63, 3.8) is 0 Å². The van der Waals surface area contributed by atoms with Crippen molar-refractivity contribution < 1.29 is 4.92 Å². The number of pyridine rings is 1. The summed E-state index contributed by atoms with van der Waals surface area (Å²) in [6.07, 6.45) is 1.58. The first kappa shape index (κ1) is 10.9. The van der Waals surface area contributed by atoms with Crippen molar-refractivity contribution in [1.29, 1.82) is 0 Å². The van der Waals surface area contributed by atoms with Gasteiger partial charge in [0.05, 0.1) is 4.92 Å². The van der Waals surface area contributed by atoms with Crippen LogP contribution in [0.1, 0.15) is 0 Å². The second kappa shape index (κ2) is 3.92. The SMILES string of the molecule is O=[N+]([O-])c1cc(Br)cnc1NC1C2CNCC21. The lowest BCUT2D eigenvalue weighted by atomic mass is 10.3. The molecule has 90 valence electrons. The molecule has 1 saturated heterocycles. The first-order valence-corrected chi connectivity index (χ1v) is 6.23. The highest BCUT2D eigenvalue weighted by atomic mass is 79.9. The second-order valence-corrected chi connectivity index (χ2v) is 5.35. The number of hydrogen-bond acceptors (Lipinski definition) is 5. The van der Waals surface area contributed by atoms with Crippen LogP contribution in [-0.4, -0.2) is 29.0 Å². The number of halogens is 1. The Morgan fingerprint density at radius 2 is 2.24 bits per heavy atom. The third-order valence-corrected chi connectivity index (χ3v) is 3.86. The minimum absolute atomic E-state index is 0.0253. The van der Waals surface area contributed by atoms with Crippen LogP contribution in [0.5, 0.6) is 0 Å². The molecule has 0 bridgehead atoms. The molecule has 2 heterocycles. The molecule has 0 aromatic carbocycles. The van der Waals surface area contributed by atoms with Gasteiger partial charge in [0.25, 0.3) is 0 Å². The summed E-state index contributed by atoms with van der Waals surface area (Å²) < 4.78 is 0.618. The second-order valence-electron chi connectivity index (χ2n) is 4.43. The molecule has 2 unspecified atom stereocenters. The molecule has 1 aliphatic heterocycles. The topological polar surface area (TPSA) is 80.1 Å². The predicted molar refractivity (Wildman–Crippen MR) is 65.9 cm³/mol. The molecule has 6 nitrogen and oxygen atoms in total. The van der Waals surface area contributed by atoms with Crippen molar-refractivity contribution in [3.05, 3.63) is 26.9 Å². The van der Waals surface area contributed by atoms with Crippen molar-refractivity contribution >= 4 is 27.4 Å². The maximum atomic E-state index is 10.9. The van der Waals surface area contributed by atoms with Crippen LogP contribution in [0.25, 0.3) is 0 Å². The first-order chi connectivity index (χ1) is 8.16. The van der Waals surface area contributed by atoms with Gasteiger partial charge in [-0.05, 0) is 27.8 Å². The van der Waals surface area contributed by atoms with Gasteiger partial charge in [-0.1, -0.05) is 0 Å². The standard InChI is InChI=1S/C10H11BrN4O2/c11-5-1-8(15(16)17)10(13-2-5)14-9-6-3-12-4-7(6)9/h1-2,6-7,9,12H,3-4H2,(H,13,14). The lowest BCUT2D eigenvalue weighted by molar-refractivity contribution is -0.384. The van der Waals surface area contributed by atoms with E-state index in [0.29, 0.717) is 28.2 Å². The van der Waals surface area contributed by atoms with E-state index in [1.165, 1.54) is 6.07 Å². The lowest BCUT2D eigenvalue weighted by Gasteiger charge is -2.08. The summed E-state index contributed by atoms with van der Waals surface area (Å²) in [6, 6.07) is 1.81. The largest absolute Gasteiger partial charge is 0.361 e. The summed E-state index contributed by atoms with van der Waals surface area (Å²) in [6.45, 7) is 1.99. The van der Waals surface area contributed by atoms with Gasteiger partial charge in [0.2, 0.25) is 5.82 Å². The number of piperidine rings is 1. The Labute approximate surface area is 106 Å². The fraction of sp³-hybridized carbons (Fsp3) is 0.500. The van der Waals surface area contributed by atoms with E-state index in [2.05, 4.69) is 31.5 Å². The Bertz CT molecular complexity index is 471. The van der Waals surface area contributed by atoms with Gasteiger partial charge in [-0.2, -0.15) is 0 Å². The van der Waals surface area contributed by atoms with Crippen LogP contribution in [0, 0.1) is 22.0 Å². The van der Waals surface area contributed by atoms with E-state index in [0.717, 1.165) is 13.1 Å². The summed E-state index contributed by atoms with van der Waals surface area (Å²) in [4.78, 5) is 14.6. The number of nitro groups is 1. The van der Waals surface area contributed by atoms with E-state index in [1.54, 1.807) is 6.20 Å². The molecule has 0 spiro atoms. The van der Waals surface area contributed by atoms with Crippen molar-refractivity contribution in [1.82, 2.24) is 10.3 Å². The molecule has 17 heavy (non-hydrogen) atoms. The predicted octanol–water partition coefficient (Wildman–Crippen LogP) is 1.38. The Kier molecular flexibility index (Phi) is 2.52. The average molecular weight is 299 g/mol. The van der Waals surface area contributed by atoms with Crippen molar-refractivity contribution in [3.8, 4) is 0 Å². The first-order valence-electron chi connectivity index (χ1n) is 5.44. The number of rotatable bonds is 3. The number of anilines is 1. The van der Waals surface area contributed by atoms with Crippen LogP contribution in [0.15, 0.2) is 16.7 Å². The van der Waals surface area contributed by atoms with E-state index >= 15 is 0 Å². The zero-order valence-corrected chi connectivity index (χ0v) is 10.5. The van der Waals surface area contributed by atoms with Gasteiger partial charge in [0.15, 0.2) is 0 Å². The van der Waals surface area contributed by atoms with Gasteiger partial charge < -0.3 is 10.6 Å². The van der Waals surface area contributed by atoms with Crippen LogP contribution in [0.2, 0.25) is 0 Å². The van der Waals surface area contributed by atoms with Crippen LogP contribution >= 0.6 is 15.9 Å². The average Bonchev–Trinajstić information content (AvgIpc) is 2.75. The third kappa shape index (κ3) is 1.89. The molecule has 2 aliphatic rings. The Hall–Kier alpha value is -1.21. The van der Waals surface area contributed by atoms with Gasteiger partial charge >= 0.3 is 5.69 Å². The van der Waals surface area contributed by atoms with Crippen molar-refractivity contribution in [2.24, 2.45) is 11.8 Å². The molecular weight excluding hydrogens is 288 g/mol. The monoisotopic (exact) mass is 298 g/mol. The molecule has 2 atom stereocenters. The summed E-state index contributed by atoms with van der Waals surface area (Å²) in [5.74, 6) is 1.57. The van der Waals surface area contributed by atoms with Gasteiger partial charge in [0.1, 0.15) is 0 Å². The molecule has 2 N–H and O–H groups in total. The molecular formula is C10H11BrN4O2. The highest BCUT2D eigenvalue weighted by Gasteiger charge is 2.53. The van der Waals surface area contributed by atoms with Crippen LogP contribution in [-0.2, 0) is 0 Å². The zero-order chi connectivity index (χ0) is 12.0. The summed E-state index contributed by atoms with van der Waals surface area (Å²) in [5, 5.41) is 17.4. The van der Waals surface area contributed by atoms with E-state index in [1.807, 2.05) is 0 Å². The molecule has 1 saturated carbocycles. The van der Waals surface area contributed by atoms with Crippen LogP contribution < -0.4 is 10.6 Å². The van der Waals surface area contributed by atoms with Crippen LogP contribution in [0.4, 0.5) is 11.5 Å². The maximum Gasteiger partial charge on any atom is 0.312 e. The highest BCUT2D eigenvalue weighted by Crippen LogP contribution is 2.44. The molecule has 3 rings (SSSR count). The fourth-order valence-corrected chi connectivity index (χ4v) is 2.79. The smallest absolute Gasteiger partial charge is 0.312 e. The summed E-state index contributed by atoms with van der Waals surface area (Å²) in [7, 11) is 0. The Morgan fingerprint density at radius 1 is 1.53 bits per heavy atom. The number of nitrogens with zero attached hydrogens (tertiary/aromatic N) is 2. The highest BCUT2D eigenvalue weighted by molar-refractivity contribution is 9.10. The van der Waals surface area contributed by atoms with E-state index in [4.69, 9.17) is 0 Å². The Balaban J connectivity index is 1.81. The van der Waals surface area contributed by atoms with Gasteiger partial charge in [-0.15, -0.1) is 0 Å². The molecule has 1 aromatic rings. The summed E-state index contributed by atoms with van der Waals surface area (Å²) >= 11 is 3.19. The van der Waals surface area contributed by atoms with E-state index in [9.17, 15) is 10.1 Å². The van der Waals surface area contributed by atoms with E-state index < -0.39 is 4.92 Å². The molecule has 0 radical (unpaired) electrons. The van der Waals surface area contributed by atoms with Crippen molar-refractivity contribution in [2.75, 3.05) is 18.4 Å². The van der Waals surface area contributed by atoms with Crippen LogP contribution in [0.3, 0.4) is 0 Å². The molecule has 1 aromatic heterocycles. The van der Waals surface area contributed by atoms with Crippen molar-refractivity contribution in [2.45, 2.75) is 6.04 Å². The molecule has 1 aliphatic carbocycles.